The molecule has 302 valence electrons. The Hall–Kier alpha value is -5.32. The summed E-state index contributed by atoms with van der Waals surface area (Å²) >= 11 is 1.64. The van der Waals surface area contributed by atoms with Crippen LogP contribution >= 0.6 is 11.8 Å². The van der Waals surface area contributed by atoms with Crippen molar-refractivity contribution in [2.24, 2.45) is 0 Å². The molecule has 0 radical (unpaired) electrons. The molecule has 7 rings (SSSR count). The van der Waals surface area contributed by atoms with Gasteiger partial charge in [0.25, 0.3) is 21.6 Å². The summed E-state index contributed by atoms with van der Waals surface area (Å²) in [7, 11) is -4.44. The second-order valence-corrected chi connectivity index (χ2v) is 17.0. The van der Waals surface area contributed by atoms with E-state index in [4.69, 9.17) is 4.74 Å². The summed E-state index contributed by atoms with van der Waals surface area (Å²) in [5, 5.41) is 15.6. The standard InChI is InChI=1S/C43H47N7O6S2/c51-43(34-13-15-37(16-14-34)49-24-22-48(23-25-49)31-35-10-7-20-44-42(35)33-8-3-1-4-9-33)46-58(54,55)39-17-18-40(41(30-39)50(52)53)45-36(19-21-47-26-28-56-29-27-47)32-57-38-11-5-2-6-12-38/h1-18,20,30,36,45H,19,21-29,31-32H2,(H,46,51)/t36-/m1/s1. The highest BCUT2D eigenvalue weighted by atomic mass is 32.2. The van der Waals surface area contributed by atoms with E-state index < -0.39 is 26.5 Å². The van der Waals surface area contributed by atoms with Gasteiger partial charge in [0.15, 0.2) is 0 Å². The number of pyridine rings is 1. The molecule has 4 aromatic carbocycles. The number of benzene rings is 4. The molecule has 2 aliphatic heterocycles. The minimum absolute atomic E-state index is 0.152. The molecule has 0 saturated carbocycles. The van der Waals surface area contributed by atoms with Gasteiger partial charge in [0, 0.05) is 98.1 Å². The molecule has 0 aliphatic carbocycles. The minimum Gasteiger partial charge on any atom is -0.379 e. The van der Waals surface area contributed by atoms with Crippen LogP contribution in [0.25, 0.3) is 11.3 Å². The Bertz CT molecular complexity index is 2250. The van der Waals surface area contributed by atoms with Crippen molar-refractivity contribution in [1.29, 1.82) is 0 Å². The van der Waals surface area contributed by atoms with Gasteiger partial charge in [0.1, 0.15) is 5.69 Å². The first-order chi connectivity index (χ1) is 28.2. The van der Waals surface area contributed by atoms with Crippen LogP contribution in [0.5, 0.6) is 0 Å². The third-order valence-electron chi connectivity index (χ3n) is 10.4. The second-order valence-electron chi connectivity index (χ2n) is 14.3. The van der Waals surface area contributed by atoms with Crippen LogP contribution in [0.2, 0.25) is 0 Å². The summed E-state index contributed by atoms with van der Waals surface area (Å²) in [4.78, 5) is 37.2. The first-order valence-corrected chi connectivity index (χ1v) is 21.9. The zero-order chi connectivity index (χ0) is 40.3. The number of thioether (sulfide) groups is 1. The van der Waals surface area contributed by atoms with Crippen molar-refractivity contribution in [3.05, 3.63) is 143 Å². The summed E-state index contributed by atoms with van der Waals surface area (Å²) in [5.74, 6) is -0.188. The number of nitro benzene ring substituents is 1. The van der Waals surface area contributed by atoms with E-state index in [0.29, 0.717) is 25.4 Å². The number of nitro groups is 1. The van der Waals surface area contributed by atoms with Gasteiger partial charge in [-0.25, -0.2) is 13.1 Å². The van der Waals surface area contributed by atoms with Crippen LogP contribution in [0.4, 0.5) is 17.1 Å². The predicted molar refractivity (Wildman–Crippen MR) is 228 cm³/mol. The lowest BCUT2D eigenvalue weighted by Gasteiger charge is -2.36. The fourth-order valence-electron chi connectivity index (χ4n) is 7.14. The monoisotopic (exact) mass is 821 g/mol. The Morgan fingerprint density at radius 2 is 1.55 bits per heavy atom. The number of hydrogen-bond acceptors (Lipinski definition) is 12. The number of nitrogens with one attached hydrogen (secondary N) is 2. The maximum atomic E-state index is 13.4. The van der Waals surface area contributed by atoms with Gasteiger partial charge in [-0.3, -0.25) is 29.7 Å². The number of ether oxygens (including phenoxy) is 1. The van der Waals surface area contributed by atoms with Crippen LogP contribution in [0.3, 0.4) is 0 Å². The summed E-state index contributed by atoms with van der Waals surface area (Å²) in [6, 6.07) is 34.5. The van der Waals surface area contributed by atoms with E-state index in [0.717, 1.165) is 80.3 Å². The molecule has 2 fully saturated rings. The third-order valence-corrected chi connectivity index (χ3v) is 12.9. The Kier molecular flexibility index (Phi) is 13.7. The topological polar surface area (TPSA) is 150 Å². The summed E-state index contributed by atoms with van der Waals surface area (Å²) < 4.78 is 34.4. The minimum atomic E-state index is -4.44. The van der Waals surface area contributed by atoms with E-state index in [2.05, 4.69) is 47.9 Å². The molecule has 58 heavy (non-hydrogen) atoms. The highest BCUT2D eigenvalue weighted by molar-refractivity contribution is 7.99. The van der Waals surface area contributed by atoms with Crippen molar-refractivity contribution < 1.29 is 22.9 Å². The molecule has 2 aliphatic rings. The number of aromatic nitrogens is 1. The Morgan fingerprint density at radius 1 is 0.845 bits per heavy atom. The lowest BCUT2D eigenvalue weighted by molar-refractivity contribution is -0.384. The molecule has 15 heteroatoms. The molecule has 0 bridgehead atoms. The fourth-order valence-corrected chi connectivity index (χ4v) is 9.12. The number of carbonyl (C=O) groups excluding carboxylic acids is 1. The van der Waals surface area contributed by atoms with Gasteiger partial charge in [-0.1, -0.05) is 54.6 Å². The largest absolute Gasteiger partial charge is 0.379 e. The Labute approximate surface area is 343 Å². The molecule has 1 aromatic heterocycles. The van der Waals surface area contributed by atoms with Gasteiger partial charge in [0.2, 0.25) is 0 Å². The van der Waals surface area contributed by atoms with Gasteiger partial charge < -0.3 is 15.0 Å². The number of nitrogens with zero attached hydrogens (tertiary/aromatic N) is 5. The van der Waals surface area contributed by atoms with E-state index in [1.165, 1.54) is 17.7 Å². The number of piperazine rings is 1. The molecule has 5 aromatic rings. The highest BCUT2D eigenvalue weighted by Crippen LogP contribution is 2.31. The van der Waals surface area contributed by atoms with E-state index in [1.54, 1.807) is 23.9 Å². The predicted octanol–water partition coefficient (Wildman–Crippen LogP) is 6.39. The average Bonchev–Trinajstić information content (AvgIpc) is 3.26. The maximum absolute atomic E-state index is 13.4. The van der Waals surface area contributed by atoms with E-state index in [-0.39, 0.29) is 22.2 Å². The van der Waals surface area contributed by atoms with Crippen LogP contribution in [0, 0.1) is 10.1 Å². The molecule has 2 N–H and O–H groups in total. The molecule has 2 saturated heterocycles. The molecular weight excluding hydrogens is 775 g/mol. The van der Waals surface area contributed by atoms with E-state index >= 15 is 0 Å². The second kappa shape index (κ2) is 19.4. The lowest BCUT2D eigenvalue weighted by atomic mass is 10.1. The normalized spacial score (nSPS) is 15.8. The van der Waals surface area contributed by atoms with Crippen molar-refractivity contribution in [2.45, 2.75) is 28.8 Å². The SMILES string of the molecule is O=C(NS(=O)(=O)c1ccc(N[C@H](CCN2CCOCC2)CSc2ccccc2)c([N+](=O)[O-])c1)c1ccc(N2CCN(Cc3cccnc3-c3ccccc3)CC2)cc1. The third kappa shape index (κ3) is 10.8. The number of anilines is 2. The smallest absolute Gasteiger partial charge is 0.293 e. The number of sulfonamides is 1. The summed E-state index contributed by atoms with van der Waals surface area (Å²) in [5.41, 5.74) is 4.15. The quantitative estimate of drug-likeness (QED) is 0.0645. The number of morpholine rings is 1. The van der Waals surface area contributed by atoms with E-state index in [1.807, 2.05) is 72.9 Å². The first-order valence-electron chi connectivity index (χ1n) is 19.4. The Morgan fingerprint density at radius 3 is 2.26 bits per heavy atom. The number of rotatable bonds is 16. The van der Waals surface area contributed by atoms with Gasteiger partial charge in [-0.15, -0.1) is 11.8 Å². The average molecular weight is 822 g/mol. The van der Waals surface area contributed by atoms with Crippen LogP contribution < -0.4 is 14.9 Å². The van der Waals surface area contributed by atoms with Crippen molar-refractivity contribution in [2.75, 3.05) is 75.0 Å². The molecule has 3 heterocycles. The fraction of sp³-hybridized carbons (Fsp3) is 0.302. The van der Waals surface area contributed by atoms with Crippen LogP contribution in [0.1, 0.15) is 22.3 Å². The summed E-state index contributed by atoms with van der Waals surface area (Å²) in [6.45, 7) is 7.79. The highest BCUT2D eigenvalue weighted by Gasteiger charge is 2.26. The molecular formula is C43H47N7O6S2. The zero-order valence-corrected chi connectivity index (χ0v) is 33.7. The van der Waals surface area contributed by atoms with Crippen molar-refractivity contribution in [3.63, 3.8) is 0 Å². The van der Waals surface area contributed by atoms with Crippen LogP contribution in [-0.2, 0) is 21.3 Å². The number of hydrogen-bond donors (Lipinski definition) is 2. The summed E-state index contributed by atoms with van der Waals surface area (Å²) in [6.07, 6.45) is 2.53. The van der Waals surface area contributed by atoms with Gasteiger partial charge >= 0.3 is 0 Å². The Balaban J connectivity index is 0.960. The first kappa shape index (κ1) is 40.9. The number of amides is 1. The van der Waals surface area contributed by atoms with Crippen molar-refractivity contribution in [1.82, 2.24) is 19.5 Å². The molecule has 13 nitrogen and oxygen atoms in total. The van der Waals surface area contributed by atoms with Crippen LogP contribution in [-0.4, -0.2) is 105 Å². The van der Waals surface area contributed by atoms with Gasteiger partial charge in [-0.2, -0.15) is 0 Å². The van der Waals surface area contributed by atoms with Gasteiger partial charge in [0.05, 0.1) is 28.7 Å². The molecule has 1 atom stereocenters. The molecule has 1 amide bonds. The van der Waals surface area contributed by atoms with Crippen molar-refractivity contribution >= 4 is 44.8 Å². The molecule has 0 unspecified atom stereocenters. The maximum Gasteiger partial charge on any atom is 0.293 e. The van der Waals surface area contributed by atoms with Crippen molar-refractivity contribution in [3.8, 4) is 11.3 Å². The zero-order valence-electron chi connectivity index (χ0n) is 32.1. The van der Waals surface area contributed by atoms with Crippen LogP contribution in [0.15, 0.2) is 131 Å². The molecule has 0 spiro atoms. The van der Waals surface area contributed by atoms with Gasteiger partial charge in [-0.05, 0) is 66.6 Å². The van der Waals surface area contributed by atoms with E-state index in [9.17, 15) is 23.3 Å². The number of carbonyl (C=O) groups is 1. The lowest BCUT2D eigenvalue weighted by Crippen LogP contribution is -2.46.